The van der Waals surface area contributed by atoms with Crippen molar-refractivity contribution in [2.45, 2.75) is 61.1 Å². The topological polar surface area (TPSA) is 3.88 Å². The summed E-state index contributed by atoms with van der Waals surface area (Å²) < 4.78 is 60.0. The molecule has 0 unspecified atom stereocenters. The Balaban J connectivity index is 2.83. The number of aromatic nitrogens is 1. The molecule has 1 aromatic heterocycles. The molecule has 1 heterocycles. The van der Waals surface area contributed by atoms with Gasteiger partial charge in [0.25, 0.3) is 0 Å². The van der Waals surface area contributed by atoms with Crippen molar-refractivity contribution in [3.63, 3.8) is 0 Å². The zero-order valence-corrected chi connectivity index (χ0v) is 15.9. The van der Waals surface area contributed by atoms with E-state index < -0.39 is 30.4 Å². The van der Waals surface area contributed by atoms with Crippen molar-refractivity contribution in [2.24, 2.45) is 17.9 Å². The second kappa shape index (κ2) is 6.70. The zero-order chi connectivity index (χ0) is 24.2. The molecule has 0 saturated carbocycles. The SMILES string of the molecule is [2H]C([2H])([2H])c1ccc(-c2cc(C([2H])([2H])C(C)(C)C)c(C([2H])([2H])C(C)(C)C)c[n+]2C)cc1. The van der Waals surface area contributed by atoms with E-state index in [1.807, 2.05) is 20.8 Å². The van der Waals surface area contributed by atoms with E-state index in [0.29, 0.717) is 16.8 Å². The summed E-state index contributed by atoms with van der Waals surface area (Å²) in [6.07, 6.45) is -1.90. The van der Waals surface area contributed by atoms with E-state index in [-0.39, 0.29) is 5.56 Å². The number of hydrogen-bond donors (Lipinski definition) is 0. The molecule has 24 heavy (non-hydrogen) atoms. The van der Waals surface area contributed by atoms with E-state index in [0.717, 1.165) is 5.56 Å². The molecule has 0 aliphatic heterocycles. The van der Waals surface area contributed by atoms with Crippen LogP contribution in [0.3, 0.4) is 0 Å². The average molecular weight is 332 g/mol. The highest BCUT2D eigenvalue weighted by atomic mass is 14.9. The first kappa shape index (κ1) is 11.1. The van der Waals surface area contributed by atoms with Crippen molar-refractivity contribution in [3.05, 3.63) is 53.2 Å². The summed E-state index contributed by atoms with van der Waals surface area (Å²) in [6, 6.07) is 8.26. The van der Waals surface area contributed by atoms with Crippen molar-refractivity contribution >= 4 is 0 Å². The number of benzene rings is 1. The minimum atomic E-state index is -2.19. The van der Waals surface area contributed by atoms with Crippen molar-refractivity contribution in [1.29, 1.82) is 0 Å². The molecule has 0 fully saturated rings. The highest BCUT2D eigenvalue weighted by Gasteiger charge is 2.23. The number of nitrogens with zero attached hydrogens (tertiary/aromatic N) is 1. The zero-order valence-electron chi connectivity index (χ0n) is 22.9. The van der Waals surface area contributed by atoms with Crippen LogP contribution in [0.4, 0.5) is 0 Å². The lowest BCUT2D eigenvalue weighted by Crippen LogP contribution is -2.33. The summed E-state index contributed by atoms with van der Waals surface area (Å²) in [4.78, 5) is 0. The molecule has 0 amide bonds. The van der Waals surface area contributed by atoms with Crippen LogP contribution < -0.4 is 4.57 Å². The first-order chi connectivity index (χ1) is 13.7. The molecule has 1 heteroatoms. The number of pyridine rings is 1. The lowest BCUT2D eigenvalue weighted by molar-refractivity contribution is -0.660. The largest absolute Gasteiger partial charge is 0.212 e. The van der Waals surface area contributed by atoms with Gasteiger partial charge in [-0.15, -0.1) is 0 Å². The molecule has 0 N–H and O–H groups in total. The molecule has 0 spiro atoms. The normalized spacial score (nSPS) is 18.5. The van der Waals surface area contributed by atoms with Gasteiger partial charge in [-0.25, -0.2) is 4.57 Å². The Labute approximate surface area is 158 Å². The first-order valence-corrected chi connectivity index (χ1v) is 8.37. The Kier molecular flexibility index (Phi) is 3.09. The van der Waals surface area contributed by atoms with Gasteiger partial charge in [-0.05, 0) is 48.1 Å². The Bertz CT molecular complexity index is 944. The molecule has 0 saturated heterocycles. The summed E-state index contributed by atoms with van der Waals surface area (Å²) >= 11 is 0. The third kappa shape index (κ3) is 5.19. The van der Waals surface area contributed by atoms with E-state index in [1.165, 1.54) is 0 Å². The number of rotatable bonds is 3. The van der Waals surface area contributed by atoms with Gasteiger partial charge < -0.3 is 0 Å². The maximum absolute atomic E-state index is 8.91. The molecule has 0 atom stereocenters. The summed E-state index contributed by atoms with van der Waals surface area (Å²) in [6.45, 7) is 8.66. The standard InChI is InChI=1S/C23H34N/c1-17-9-11-18(12-10-17)21-13-19(14-22(2,3)4)20(16-24(21)8)15-23(5,6)7/h9-13,16H,14-15H2,1-8H3/q+1/i1D3,14D2,15D2. The van der Waals surface area contributed by atoms with Gasteiger partial charge in [0.2, 0.25) is 5.69 Å². The smallest absolute Gasteiger partial charge is 0.201 e. The van der Waals surface area contributed by atoms with Gasteiger partial charge >= 0.3 is 0 Å². The third-order valence-corrected chi connectivity index (χ3v) is 3.47. The fourth-order valence-electron chi connectivity index (χ4n) is 2.59. The molecule has 0 aliphatic rings. The maximum Gasteiger partial charge on any atom is 0.212 e. The molecule has 1 aromatic carbocycles. The van der Waals surface area contributed by atoms with Gasteiger partial charge in [0.05, 0.1) is 0 Å². The van der Waals surface area contributed by atoms with Crippen LogP contribution in [-0.4, -0.2) is 0 Å². The van der Waals surface area contributed by atoms with Crippen LogP contribution in [0.25, 0.3) is 11.3 Å². The predicted octanol–water partition coefficient (Wildman–Crippen LogP) is 5.66. The fraction of sp³-hybridized carbons (Fsp3) is 0.522. The van der Waals surface area contributed by atoms with Crippen molar-refractivity contribution in [3.8, 4) is 11.3 Å². The van der Waals surface area contributed by atoms with Crippen LogP contribution in [0, 0.1) is 17.7 Å². The maximum atomic E-state index is 8.91. The van der Waals surface area contributed by atoms with Crippen molar-refractivity contribution < 1.29 is 14.2 Å². The second-order valence-corrected chi connectivity index (χ2v) is 8.42. The van der Waals surface area contributed by atoms with Crippen molar-refractivity contribution in [2.75, 3.05) is 0 Å². The third-order valence-electron chi connectivity index (χ3n) is 3.47. The van der Waals surface area contributed by atoms with Gasteiger partial charge in [-0.1, -0.05) is 59.2 Å². The minimum absolute atomic E-state index is 0.241. The Morgan fingerprint density at radius 3 is 1.96 bits per heavy atom. The second-order valence-electron chi connectivity index (χ2n) is 8.42. The van der Waals surface area contributed by atoms with E-state index in [1.54, 1.807) is 68.9 Å². The lowest BCUT2D eigenvalue weighted by Gasteiger charge is -2.24. The van der Waals surface area contributed by atoms with E-state index in [4.69, 9.17) is 9.60 Å². The highest BCUT2D eigenvalue weighted by Crippen LogP contribution is 2.29. The summed E-state index contributed by atoms with van der Waals surface area (Å²) in [5.74, 6) is 0. The fourth-order valence-corrected chi connectivity index (χ4v) is 2.59. The van der Waals surface area contributed by atoms with Gasteiger partial charge in [0.1, 0.15) is 7.05 Å². The quantitative estimate of drug-likeness (QED) is 0.639. The molecule has 0 radical (unpaired) electrons. The molecular weight excluding hydrogens is 290 g/mol. The predicted molar refractivity (Wildman–Crippen MR) is 104 cm³/mol. The Hall–Kier alpha value is -1.63. The van der Waals surface area contributed by atoms with Crippen LogP contribution in [0.1, 0.15) is 67.8 Å². The van der Waals surface area contributed by atoms with E-state index in [9.17, 15) is 0 Å². The number of aryl methyl sites for hydroxylation is 2. The average Bonchev–Trinajstić information content (AvgIpc) is 2.58. The van der Waals surface area contributed by atoms with Crippen LogP contribution in [0.15, 0.2) is 36.5 Å². The first-order valence-electron chi connectivity index (χ1n) is 11.9. The van der Waals surface area contributed by atoms with Gasteiger partial charge in [0.15, 0.2) is 6.20 Å². The van der Waals surface area contributed by atoms with Gasteiger partial charge in [-0.3, -0.25) is 0 Å². The summed E-state index contributed by atoms with van der Waals surface area (Å²) in [5.41, 5.74) is 0.796. The summed E-state index contributed by atoms with van der Waals surface area (Å²) in [7, 11) is 1.80. The Morgan fingerprint density at radius 2 is 1.46 bits per heavy atom. The summed E-state index contributed by atoms with van der Waals surface area (Å²) in [5, 5.41) is 0. The molecule has 1 nitrogen and oxygen atoms in total. The number of hydrogen-bond acceptors (Lipinski definition) is 0. The van der Waals surface area contributed by atoms with Crippen LogP contribution in [-0.2, 0) is 19.8 Å². The lowest BCUT2D eigenvalue weighted by atomic mass is 9.81. The monoisotopic (exact) mass is 331 g/mol. The van der Waals surface area contributed by atoms with Gasteiger partial charge in [0, 0.05) is 26.8 Å². The molecule has 2 rings (SSSR count). The van der Waals surface area contributed by atoms with Gasteiger partial charge in [-0.2, -0.15) is 0 Å². The minimum Gasteiger partial charge on any atom is -0.201 e. The van der Waals surface area contributed by atoms with Crippen LogP contribution in [0.5, 0.6) is 0 Å². The van der Waals surface area contributed by atoms with E-state index in [2.05, 4.69) is 0 Å². The molecular formula is C23H34N+. The Morgan fingerprint density at radius 1 is 0.917 bits per heavy atom. The molecule has 130 valence electrons. The van der Waals surface area contributed by atoms with Crippen molar-refractivity contribution in [1.82, 2.24) is 0 Å². The van der Waals surface area contributed by atoms with Crippen LogP contribution >= 0.6 is 0 Å². The molecule has 2 aromatic rings. The van der Waals surface area contributed by atoms with Crippen LogP contribution in [0.2, 0.25) is 0 Å². The van der Waals surface area contributed by atoms with E-state index >= 15 is 0 Å². The highest BCUT2D eigenvalue weighted by molar-refractivity contribution is 5.58. The molecule has 0 aliphatic carbocycles. The molecule has 0 bridgehead atoms.